The molecule has 3 aromatic rings. The van der Waals surface area contributed by atoms with Crippen molar-refractivity contribution in [1.82, 2.24) is 4.98 Å². The Morgan fingerprint density at radius 2 is 2.00 bits per heavy atom. The maximum atomic E-state index is 12.6. The third-order valence-corrected chi connectivity index (χ3v) is 5.40. The molecule has 0 unspecified atom stereocenters. The summed E-state index contributed by atoms with van der Waals surface area (Å²) >= 11 is 9.95. The Morgan fingerprint density at radius 1 is 1.30 bits per heavy atom. The molecule has 0 fully saturated rings. The third kappa shape index (κ3) is 4.01. The zero-order valence-electron chi connectivity index (χ0n) is 14.6. The van der Waals surface area contributed by atoms with Crippen LogP contribution in [0.1, 0.15) is 28.4 Å². The number of carboxylic acids is 1. The van der Waals surface area contributed by atoms with Crippen molar-refractivity contribution in [3.63, 3.8) is 0 Å². The van der Waals surface area contributed by atoms with E-state index in [9.17, 15) is 14.7 Å². The van der Waals surface area contributed by atoms with Gasteiger partial charge < -0.3 is 15.4 Å². The van der Waals surface area contributed by atoms with Crippen LogP contribution in [0.4, 0.5) is 5.69 Å². The van der Waals surface area contributed by atoms with Crippen LogP contribution in [0.5, 0.6) is 0 Å². The lowest BCUT2D eigenvalue weighted by molar-refractivity contribution is 0.0695. The van der Waals surface area contributed by atoms with E-state index in [2.05, 4.69) is 26.2 Å². The minimum atomic E-state index is -1.25. The van der Waals surface area contributed by atoms with Crippen LogP contribution in [0, 0.1) is 0 Å². The highest BCUT2D eigenvalue weighted by Crippen LogP contribution is 2.32. The van der Waals surface area contributed by atoms with Gasteiger partial charge in [0.05, 0.1) is 16.2 Å². The number of aromatic nitrogens is 1. The zero-order valence-corrected chi connectivity index (χ0v) is 16.9. The van der Waals surface area contributed by atoms with Crippen molar-refractivity contribution in [2.75, 3.05) is 11.9 Å². The van der Waals surface area contributed by atoms with E-state index in [4.69, 9.17) is 11.6 Å². The van der Waals surface area contributed by atoms with Gasteiger partial charge in [0.25, 0.3) is 0 Å². The summed E-state index contributed by atoms with van der Waals surface area (Å²) in [6.45, 7) is 2.57. The highest BCUT2D eigenvalue weighted by atomic mass is 79.9. The second kappa shape index (κ2) is 8.15. The van der Waals surface area contributed by atoms with Gasteiger partial charge in [0, 0.05) is 22.6 Å². The highest BCUT2D eigenvalue weighted by molar-refractivity contribution is 9.10. The van der Waals surface area contributed by atoms with E-state index in [-0.39, 0.29) is 5.56 Å². The first-order valence-electron chi connectivity index (χ1n) is 8.50. The van der Waals surface area contributed by atoms with E-state index in [1.54, 1.807) is 6.07 Å². The highest BCUT2D eigenvalue weighted by Gasteiger charge is 2.17. The minimum Gasteiger partial charge on any atom is -0.477 e. The lowest BCUT2D eigenvalue weighted by Gasteiger charge is -2.14. The van der Waals surface area contributed by atoms with Crippen LogP contribution in [0.3, 0.4) is 0 Å². The van der Waals surface area contributed by atoms with E-state index < -0.39 is 11.4 Å². The van der Waals surface area contributed by atoms with Crippen molar-refractivity contribution in [3.8, 4) is 0 Å². The van der Waals surface area contributed by atoms with Crippen molar-refractivity contribution < 1.29 is 9.90 Å². The molecular weight excluding hydrogens is 432 g/mol. The normalized spacial score (nSPS) is 10.9. The number of aromatic amines is 1. The lowest BCUT2D eigenvalue weighted by Crippen LogP contribution is -2.16. The number of fused-ring (bicyclic) bond motifs is 1. The van der Waals surface area contributed by atoms with Gasteiger partial charge in [0.1, 0.15) is 5.56 Å². The molecule has 0 atom stereocenters. The Morgan fingerprint density at radius 3 is 2.63 bits per heavy atom. The van der Waals surface area contributed by atoms with Crippen molar-refractivity contribution in [2.45, 2.75) is 19.8 Å². The summed E-state index contributed by atoms with van der Waals surface area (Å²) < 4.78 is 1.03. The molecule has 0 spiro atoms. The largest absolute Gasteiger partial charge is 0.477 e. The van der Waals surface area contributed by atoms with Crippen LogP contribution < -0.4 is 10.7 Å². The Balaban J connectivity index is 1.95. The van der Waals surface area contributed by atoms with E-state index in [1.165, 1.54) is 11.8 Å². The summed E-state index contributed by atoms with van der Waals surface area (Å²) in [6, 6.07) is 9.68. The molecular formula is C20H18BrClN2O3. The molecule has 0 aliphatic carbocycles. The summed E-state index contributed by atoms with van der Waals surface area (Å²) in [7, 11) is 0. The van der Waals surface area contributed by atoms with Gasteiger partial charge in [-0.25, -0.2) is 4.79 Å². The van der Waals surface area contributed by atoms with Gasteiger partial charge in [0.2, 0.25) is 5.43 Å². The van der Waals surface area contributed by atoms with E-state index >= 15 is 0 Å². The summed E-state index contributed by atoms with van der Waals surface area (Å²) in [5, 5.41) is 13.3. The van der Waals surface area contributed by atoms with Crippen LogP contribution in [-0.2, 0) is 12.8 Å². The molecule has 7 heteroatoms. The average molecular weight is 450 g/mol. The Kier molecular flexibility index (Phi) is 5.87. The monoisotopic (exact) mass is 448 g/mol. The molecule has 0 saturated carbocycles. The third-order valence-electron chi connectivity index (χ3n) is 4.44. The van der Waals surface area contributed by atoms with Gasteiger partial charge >= 0.3 is 5.97 Å². The molecule has 3 N–H and O–H groups in total. The van der Waals surface area contributed by atoms with Gasteiger partial charge in [-0.3, -0.25) is 4.79 Å². The smallest absolute Gasteiger partial charge is 0.341 e. The van der Waals surface area contributed by atoms with Crippen LogP contribution in [-0.4, -0.2) is 22.6 Å². The summed E-state index contributed by atoms with van der Waals surface area (Å²) in [5.74, 6) is -1.25. The molecule has 0 aliphatic heterocycles. The number of carboxylic acid groups (broad SMARTS) is 1. The van der Waals surface area contributed by atoms with E-state index in [0.717, 1.165) is 16.5 Å². The molecule has 0 radical (unpaired) electrons. The van der Waals surface area contributed by atoms with Gasteiger partial charge in [-0.05, 0) is 42.2 Å². The fourth-order valence-corrected chi connectivity index (χ4v) is 3.64. The summed E-state index contributed by atoms with van der Waals surface area (Å²) in [4.78, 5) is 26.7. The molecule has 0 aliphatic rings. The van der Waals surface area contributed by atoms with Gasteiger partial charge in [-0.2, -0.15) is 0 Å². The Hall–Kier alpha value is -2.31. The molecule has 2 aromatic carbocycles. The SMILES string of the molecule is CCc1c(Cl)c(NCCc2ccc(Br)cc2)cc2c(=O)c(C(=O)O)c[nH]c12. The molecule has 0 amide bonds. The number of aromatic carboxylic acids is 1. The lowest BCUT2D eigenvalue weighted by atomic mass is 10.0. The number of halogens is 2. The van der Waals surface area contributed by atoms with Gasteiger partial charge in [0.15, 0.2) is 0 Å². The number of hydrogen-bond acceptors (Lipinski definition) is 3. The number of carbonyl (C=O) groups is 1. The maximum Gasteiger partial charge on any atom is 0.341 e. The number of anilines is 1. The minimum absolute atomic E-state index is 0.285. The molecule has 27 heavy (non-hydrogen) atoms. The van der Waals surface area contributed by atoms with Crippen LogP contribution in [0.2, 0.25) is 5.02 Å². The molecule has 140 valence electrons. The predicted molar refractivity (Wildman–Crippen MR) is 112 cm³/mol. The first-order valence-corrected chi connectivity index (χ1v) is 9.67. The van der Waals surface area contributed by atoms with Crippen molar-refractivity contribution in [2.24, 2.45) is 0 Å². The second-order valence-corrected chi connectivity index (χ2v) is 7.43. The van der Waals surface area contributed by atoms with Crippen LogP contribution in [0.15, 0.2) is 45.8 Å². The van der Waals surface area contributed by atoms with Crippen LogP contribution >= 0.6 is 27.5 Å². The number of pyridine rings is 1. The van der Waals surface area contributed by atoms with Gasteiger partial charge in [-0.1, -0.05) is 46.6 Å². The fourth-order valence-electron chi connectivity index (χ4n) is 3.03. The average Bonchev–Trinajstić information content (AvgIpc) is 2.64. The Labute approximate surface area is 169 Å². The first kappa shape index (κ1) is 19.5. The molecule has 0 saturated heterocycles. The maximum absolute atomic E-state index is 12.6. The van der Waals surface area contributed by atoms with Crippen molar-refractivity contribution in [1.29, 1.82) is 0 Å². The van der Waals surface area contributed by atoms with Gasteiger partial charge in [-0.15, -0.1) is 0 Å². The van der Waals surface area contributed by atoms with E-state index in [0.29, 0.717) is 34.6 Å². The number of benzene rings is 2. The summed E-state index contributed by atoms with van der Waals surface area (Å²) in [5.41, 5.74) is 2.37. The quantitative estimate of drug-likeness (QED) is 0.502. The molecule has 1 aromatic heterocycles. The second-order valence-electron chi connectivity index (χ2n) is 6.13. The number of H-pyrrole nitrogens is 1. The fraction of sp³-hybridized carbons (Fsp3) is 0.200. The molecule has 0 bridgehead atoms. The van der Waals surface area contributed by atoms with Crippen molar-refractivity contribution >= 4 is 50.1 Å². The predicted octanol–water partition coefficient (Wildman–Crippen LogP) is 4.86. The van der Waals surface area contributed by atoms with Crippen molar-refractivity contribution in [3.05, 3.63) is 72.9 Å². The Bertz CT molecular complexity index is 1060. The number of aryl methyl sites for hydroxylation is 1. The summed E-state index contributed by atoms with van der Waals surface area (Å²) in [6.07, 6.45) is 2.62. The number of hydrogen-bond donors (Lipinski definition) is 3. The van der Waals surface area contributed by atoms with E-state index in [1.807, 2.05) is 31.2 Å². The number of rotatable bonds is 6. The zero-order chi connectivity index (χ0) is 19.6. The topological polar surface area (TPSA) is 82.2 Å². The molecule has 5 nitrogen and oxygen atoms in total. The molecule has 1 heterocycles. The standard InChI is InChI=1S/C20H18BrClN2O3/c1-2-13-17(22)16(23-8-7-11-3-5-12(21)6-4-11)9-14-18(13)24-10-15(19(14)25)20(26)27/h3-6,9-10,23H,2,7-8H2,1H3,(H,24,25)(H,26,27). The van der Waals surface area contributed by atoms with Crippen LogP contribution in [0.25, 0.3) is 10.9 Å². The first-order chi connectivity index (χ1) is 12.9. The molecule has 3 rings (SSSR count). The number of nitrogens with one attached hydrogen (secondary N) is 2.